The zero-order chi connectivity index (χ0) is 59.7. The summed E-state index contributed by atoms with van der Waals surface area (Å²) < 4.78 is 53.9. The summed E-state index contributed by atoms with van der Waals surface area (Å²) in [6.07, 6.45) is 2.63. The molecule has 0 radical (unpaired) electrons. The number of thioether (sulfide) groups is 1. The number of rotatable bonds is 31. The first-order valence-electron chi connectivity index (χ1n) is 25.3. The van der Waals surface area contributed by atoms with E-state index in [0.717, 1.165) is 30.7 Å². The van der Waals surface area contributed by atoms with E-state index in [2.05, 4.69) is 9.47 Å². The van der Waals surface area contributed by atoms with Crippen LogP contribution in [-0.4, -0.2) is 145 Å². The molecule has 0 aliphatic carbocycles. The lowest BCUT2D eigenvalue weighted by atomic mass is 10.0. The van der Waals surface area contributed by atoms with E-state index in [4.69, 9.17) is 82.5 Å². The third-order valence-corrected chi connectivity index (χ3v) is 9.32. The second-order valence-corrected chi connectivity index (χ2v) is 19.3. The minimum absolute atomic E-state index is 0.0887. The van der Waals surface area contributed by atoms with Crippen LogP contribution in [0.2, 0.25) is 0 Å². The second-order valence-electron chi connectivity index (χ2n) is 16.6. The van der Waals surface area contributed by atoms with E-state index in [0.29, 0.717) is 25.7 Å². The van der Waals surface area contributed by atoms with Gasteiger partial charge in [0.25, 0.3) is 0 Å². The Morgan fingerprint density at radius 1 is 0.494 bits per heavy atom. The van der Waals surface area contributed by atoms with Crippen molar-refractivity contribution in [2.24, 2.45) is 11.8 Å². The zero-order valence-electron chi connectivity index (χ0n) is 46.4. The highest BCUT2D eigenvalue weighted by Gasteiger charge is 2.24. The van der Waals surface area contributed by atoms with Crippen molar-refractivity contribution in [1.82, 2.24) is 0 Å². The number of carbonyl (C=O) groups excluding carboxylic acids is 10. The van der Waals surface area contributed by atoms with Crippen LogP contribution in [0.3, 0.4) is 0 Å². The van der Waals surface area contributed by atoms with Crippen LogP contribution < -0.4 is 0 Å². The van der Waals surface area contributed by atoms with Gasteiger partial charge < -0.3 is 57.2 Å². The molecule has 0 amide bonds. The standard InChI is InChI=1S/C21H34O10.C17H28O8.C5H9ClO2S.C4H8O.C3H4Cl2O2/c1-6-8-18(23)27-12-17(13-28-19(24)9-7-2)31-21(26)11-14(3)10-20(25)30-16(5)29-15(4)22;1-4-6-15(20)23-10-13(11-24-16(21)7-5-2)25-17(22)9-12(3)8-14(18)19;1-3-9-5(7)8-4(2)6;1-2-4-5-3-1;1-2(4)7-3(5)6/h14,16-17H,6-13H2,1-5H3;12-13H,4-11H2,1-3H3,(H,18,19);4H,3H2,1-2H3;1-4H2;2H,1H3. The van der Waals surface area contributed by atoms with E-state index in [-0.39, 0.29) is 83.1 Å². The maximum atomic E-state index is 12.2. The van der Waals surface area contributed by atoms with Crippen LogP contribution in [0.4, 0.5) is 9.59 Å². The predicted molar refractivity (Wildman–Crippen MR) is 283 cm³/mol. The van der Waals surface area contributed by atoms with Crippen molar-refractivity contribution >= 4 is 111 Å². The van der Waals surface area contributed by atoms with E-state index < -0.39 is 101 Å². The lowest BCUT2D eigenvalue weighted by Gasteiger charge is -2.19. The fourth-order valence-electron chi connectivity index (χ4n) is 5.26. The van der Waals surface area contributed by atoms with Gasteiger partial charge >= 0.3 is 64.5 Å². The largest absolute Gasteiger partial charge is 0.481 e. The van der Waals surface area contributed by atoms with Crippen molar-refractivity contribution in [1.29, 1.82) is 0 Å². The summed E-state index contributed by atoms with van der Waals surface area (Å²) in [6, 6.07) is 0. The minimum Gasteiger partial charge on any atom is -0.481 e. The van der Waals surface area contributed by atoms with E-state index in [1.165, 1.54) is 33.6 Å². The second kappa shape index (κ2) is 52.1. The summed E-state index contributed by atoms with van der Waals surface area (Å²) in [5.74, 6) is -5.32. The molecule has 5 unspecified atom stereocenters. The van der Waals surface area contributed by atoms with Gasteiger partial charge in [0, 0.05) is 95.8 Å². The molecule has 0 aromatic rings. The fraction of sp³-hybridized carbons (Fsp3) is 0.780. The quantitative estimate of drug-likeness (QED) is 0.0222. The smallest absolute Gasteiger partial charge is 0.405 e. The molecule has 0 aromatic carbocycles. The van der Waals surface area contributed by atoms with Crippen molar-refractivity contribution in [2.45, 2.75) is 196 Å². The Bertz CT molecular complexity index is 1650. The van der Waals surface area contributed by atoms with Crippen molar-refractivity contribution in [3.8, 4) is 0 Å². The number of aliphatic carboxylic acids is 1. The summed E-state index contributed by atoms with van der Waals surface area (Å²) >= 11 is 16.3. The predicted octanol–water partition coefficient (Wildman–Crippen LogP) is 9.74. The molecule has 1 N–H and O–H groups in total. The van der Waals surface area contributed by atoms with Gasteiger partial charge in [0.2, 0.25) is 6.29 Å². The Morgan fingerprint density at radius 3 is 1.08 bits per heavy atom. The number of carboxylic acid groups (broad SMARTS) is 1. The van der Waals surface area contributed by atoms with Crippen LogP contribution in [-0.2, 0) is 95.3 Å². The minimum atomic E-state index is -1.02. The molecule has 27 heteroatoms. The van der Waals surface area contributed by atoms with E-state index in [9.17, 15) is 52.7 Å². The fourth-order valence-corrected chi connectivity index (χ4v) is 6.10. The zero-order valence-corrected chi connectivity index (χ0v) is 49.4. The SMILES string of the molecule is C1CCOC1.CC(Cl)OC(=O)Cl.CCCC(=O)OCC(COC(=O)CCC)OC(=O)CC(C)CC(=O)O.CCCC(=O)OCC(COC(=O)CCC)OC(=O)CC(C)CC(=O)OC(C)OC(C)=O.CCSC(=O)OC(C)Cl. The molecule has 0 aromatic heterocycles. The van der Waals surface area contributed by atoms with Gasteiger partial charge in [0.1, 0.15) is 26.4 Å². The molecule has 1 aliphatic heterocycles. The Kier molecular flexibility index (Phi) is 53.3. The molecule has 1 saturated heterocycles. The number of halogens is 3. The maximum absolute atomic E-state index is 12.2. The molecule has 23 nitrogen and oxygen atoms in total. The first kappa shape index (κ1) is 78.8. The first-order chi connectivity index (χ1) is 36.1. The summed E-state index contributed by atoms with van der Waals surface area (Å²) in [5, 5.41) is 8.40. The molecule has 1 rings (SSSR count). The molecule has 1 aliphatic rings. The third-order valence-electron chi connectivity index (χ3n) is 8.43. The Balaban J connectivity index is -0.000000506. The summed E-state index contributed by atoms with van der Waals surface area (Å²) in [4.78, 5) is 124. The van der Waals surface area contributed by atoms with Crippen molar-refractivity contribution in [3.05, 3.63) is 0 Å². The van der Waals surface area contributed by atoms with Gasteiger partial charge in [-0.1, -0.05) is 71.7 Å². The van der Waals surface area contributed by atoms with E-state index >= 15 is 0 Å². The summed E-state index contributed by atoms with van der Waals surface area (Å²) in [5.41, 5.74) is -2.02. The molecule has 448 valence electrons. The molecule has 0 saturated carbocycles. The number of carboxylic acids is 1. The van der Waals surface area contributed by atoms with Crippen LogP contribution >= 0.6 is 46.6 Å². The van der Waals surface area contributed by atoms with Gasteiger partial charge in [0.15, 0.2) is 23.3 Å². The number of ether oxygens (including phenoxy) is 11. The topological polar surface area (TPSA) is 310 Å². The van der Waals surface area contributed by atoms with Gasteiger partial charge in [-0.05, 0) is 76.0 Å². The van der Waals surface area contributed by atoms with Gasteiger partial charge in [-0.15, -0.1) is 0 Å². The molecular formula is C50H83Cl3O23S. The lowest BCUT2D eigenvalue weighted by molar-refractivity contribution is -0.183. The molecular weight excluding hydrogens is 1110 g/mol. The number of hydrogen-bond acceptors (Lipinski definition) is 23. The van der Waals surface area contributed by atoms with Crippen molar-refractivity contribution in [3.63, 3.8) is 0 Å². The molecule has 0 bridgehead atoms. The maximum Gasteiger partial charge on any atom is 0.405 e. The summed E-state index contributed by atoms with van der Waals surface area (Å²) in [6.45, 7) is 19.3. The number of carbonyl (C=O) groups is 11. The number of hydrogen-bond donors (Lipinski definition) is 1. The number of alkyl halides is 2. The highest BCUT2D eigenvalue weighted by molar-refractivity contribution is 8.13. The van der Waals surface area contributed by atoms with Gasteiger partial charge in [-0.3, -0.25) is 43.2 Å². The average Bonchev–Trinajstić information content (AvgIpc) is 3.89. The average molecular weight is 1190 g/mol. The van der Waals surface area contributed by atoms with Gasteiger partial charge in [-0.25, -0.2) is 9.59 Å². The highest BCUT2D eigenvalue weighted by Crippen LogP contribution is 2.14. The Hall–Kier alpha value is -4.65. The third kappa shape index (κ3) is 60.4. The number of esters is 8. The molecule has 0 spiro atoms. The van der Waals surface area contributed by atoms with E-state index in [1.807, 2.05) is 34.6 Å². The van der Waals surface area contributed by atoms with Gasteiger partial charge in [0.05, 0.1) is 0 Å². The van der Waals surface area contributed by atoms with E-state index in [1.54, 1.807) is 20.8 Å². The van der Waals surface area contributed by atoms with Crippen molar-refractivity contribution in [2.75, 3.05) is 45.4 Å². The van der Waals surface area contributed by atoms with Crippen LogP contribution in [0, 0.1) is 11.8 Å². The molecule has 1 fully saturated rings. The monoisotopic (exact) mass is 1190 g/mol. The van der Waals surface area contributed by atoms with Crippen LogP contribution in [0.1, 0.15) is 166 Å². The highest BCUT2D eigenvalue weighted by atomic mass is 35.5. The van der Waals surface area contributed by atoms with Crippen LogP contribution in [0.15, 0.2) is 0 Å². The van der Waals surface area contributed by atoms with Crippen molar-refractivity contribution < 1.29 is 110 Å². The normalized spacial score (nSPS) is 13.0. The Labute approximate surface area is 471 Å². The first-order valence-corrected chi connectivity index (χ1v) is 27.5. The molecule has 1 heterocycles. The molecule has 77 heavy (non-hydrogen) atoms. The molecule has 5 atom stereocenters. The van der Waals surface area contributed by atoms with Crippen LogP contribution in [0.25, 0.3) is 0 Å². The Morgan fingerprint density at radius 2 is 0.831 bits per heavy atom. The van der Waals surface area contributed by atoms with Crippen LogP contribution in [0.5, 0.6) is 0 Å². The summed E-state index contributed by atoms with van der Waals surface area (Å²) in [7, 11) is 0. The lowest BCUT2D eigenvalue weighted by Crippen LogP contribution is -2.31. The van der Waals surface area contributed by atoms with Gasteiger partial charge in [-0.2, -0.15) is 0 Å².